The molecule has 0 spiro atoms. The molecule has 4 bridgehead atoms. The number of nitrogens with zero attached hydrogens (tertiary/aromatic N) is 1. The molecule has 5 amide bonds. The van der Waals surface area contributed by atoms with Crippen molar-refractivity contribution >= 4 is 29.5 Å². The number of rotatable bonds is 18. The van der Waals surface area contributed by atoms with E-state index in [1.165, 1.54) is 19.2 Å². The van der Waals surface area contributed by atoms with Gasteiger partial charge in [-0.2, -0.15) is 0 Å². The van der Waals surface area contributed by atoms with E-state index in [4.69, 9.17) is 28.7 Å². The Morgan fingerprint density at radius 3 is 2.14 bits per heavy atom. The normalized spacial score (nSPS) is 19.1. The summed E-state index contributed by atoms with van der Waals surface area (Å²) in [7, 11) is 1.35. The third-order valence-corrected chi connectivity index (χ3v) is 9.74. The van der Waals surface area contributed by atoms with Gasteiger partial charge in [-0.25, -0.2) is 0 Å². The van der Waals surface area contributed by atoms with Crippen molar-refractivity contribution in [2.45, 2.75) is 94.1 Å². The van der Waals surface area contributed by atoms with Crippen LogP contribution in [0.3, 0.4) is 0 Å². The Balaban J connectivity index is 1.90. The number of unbranched alkanes of at least 4 members (excludes halogenated alkanes) is 1. The van der Waals surface area contributed by atoms with Crippen LogP contribution < -0.4 is 49.9 Å². The fourth-order valence-corrected chi connectivity index (χ4v) is 6.42. The molecule has 17 N–H and O–H groups in total. The predicted octanol–water partition coefficient (Wildman–Crippen LogP) is -2.49. The van der Waals surface area contributed by atoms with Gasteiger partial charge in [0.05, 0.1) is 12.1 Å². The van der Waals surface area contributed by atoms with Crippen molar-refractivity contribution in [1.82, 2.24) is 26.2 Å². The van der Waals surface area contributed by atoms with Crippen molar-refractivity contribution in [3.63, 3.8) is 0 Å². The highest BCUT2D eigenvalue weighted by Gasteiger charge is 2.36. The van der Waals surface area contributed by atoms with Gasteiger partial charge < -0.3 is 70.2 Å². The van der Waals surface area contributed by atoms with Gasteiger partial charge in [-0.3, -0.25) is 24.0 Å². The summed E-state index contributed by atoms with van der Waals surface area (Å²) in [4.78, 5) is 68.3. The maximum absolute atomic E-state index is 14.3. The molecular weight excluding hydrogens is 724 g/mol. The van der Waals surface area contributed by atoms with Crippen LogP contribution >= 0.6 is 0 Å². The SMILES string of the molecule is CN1C(=O)[C@H](C[C@@H](O)CN)NC(=O)[C@@H](N)Cc2cc(ccc2O)-c2ccc(O)c(c2)C[C@H]1C(=O)N[C@@H](CCCN)C(=O)NCCCC[C@H](N)CC(=O)NCCN. The fraction of sp³-hybridized carbons (Fsp3) is 0.553. The monoisotopic (exact) mass is 784 g/mol. The van der Waals surface area contributed by atoms with Crippen LogP contribution in [0.2, 0.25) is 0 Å². The number of carbonyl (C=O) groups is 5. The average molecular weight is 785 g/mol. The number of aliphatic hydroxyl groups is 1. The van der Waals surface area contributed by atoms with Gasteiger partial charge in [0, 0.05) is 65.0 Å². The lowest BCUT2D eigenvalue weighted by molar-refractivity contribution is -0.143. The molecule has 0 aromatic heterocycles. The van der Waals surface area contributed by atoms with Gasteiger partial charge in [-0.1, -0.05) is 18.6 Å². The molecule has 18 heteroatoms. The highest BCUT2D eigenvalue weighted by molar-refractivity contribution is 5.95. The number of aliphatic hydroxyl groups excluding tert-OH is 1. The van der Waals surface area contributed by atoms with Crippen LogP contribution in [0.5, 0.6) is 11.5 Å². The van der Waals surface area contributed by atoms with E-state index in [2.05, 4.69) is 21.3 Å². The quantitative estimate of drug-likeness (QED) is 0.0698. The van der Waals surface area contributed by atoms with Gasteiger partial charge in [-0.05, 0) is 78.7 Å². The summed E-state index contributed by atoms with van der Waals surface area (Å²) in [5.74, 6) is -3.13. The summed E-state index contributed by atoms with van der Waals surface area (Å²) in [5, 5.41) is 42.9. The van der Waals surface area contributed by atoms with Crippen molar-refractivity contribution in [2.24, 2.45) is 28.7 Å². The zero-order valence-electron chi connectivity index (χ0n) is 32.0. The molecule has 0 radical (unpaired) electrons. The number of carbonyl (C=O) groups excluding carboxylic acids is 5. The van der Waals surface area contributed by atoms with E-state index in [9.17, 15) is 39.3 Å². The van der Waals surface area contributed by atoms with E-state index >= 15 is 0 Å². The lowest BCUT2D eigenvalue weighted by atomic mass is 9.95. The van der Waals surface area contributed by atoms with Crippen LogP contribution in [0.15, 0.2) is 36.4 Å². The van der Waals surface area contributed by atoms with Gasteiger partial charge in [0.25, 0.3) is 0 Å². The number of aromatic hydroxyl groups is 2. The average Bonchev–Trinajstić information content (AvgIpc) is 3.17. The molecule has 1 aliphatic rings. The number of hydrogen-bond donors (Lipinski definition) is 12. The number of nitrogens with two attached hydrogens (primary N) is 5. The summed E-state index contributed by atoms with van der Waals surface area (Å²) >= 11 is 0. The maximum Gasteiger partial charge on any atom is 0.245 e. The molecule has 18 nitrogen and oxygen atoms in total. The first-order valence-corrected chi connectivity index (χ1v) is 19.0. The molecule has 2 aromatic carbocycles. The third kappa shape index (κ3) is 13.7. The van der Waals surface area contributed by atoms with E-state index in [0.29, 0.717) is 61.0 Å². The minimum atomic E-state index is -1.37. The second-order valence-electron chi connectivity index (χ2n) is 14.2. The van der Waals surface area contributed by atoms with Crippen LogP contribution in [-0.2, 0) is 36.8 Å². The molecule has 1 aliphatic heterocycles. The van der Waals surface area contributed by atoms with Crippen LogP contribution in [0.25, 0.3) is 11.1 Å². The van der Waals surface area contributed by atoms with Crippen LogP contribution in [0.4, 0.5) is 0 Å². The number of amides is 5. The molecule has 6 atom stereocenters. The molecule has 1 heterocycles. The van der Waals surface area contributed by atoms with Crippen LogP contribution in [0, 0.1) is 0 Å². The summed E-state index contributed by atoms with van der Waals surface area (Å²) in [6, 6.07) is 4.22. The Morgan fingerprint density at radius 2 is 1.54 bits per heavy atom. The van der Waals surface area contributed by atoms with Gasteiger partial charge in [0.1, 0.15) is 29.6 Å². The van der Waals surface area contributed by atoms with Crippen molar-refractivity contribution in [3.8, 4) is 22.6 Å². The summed E-state index contributed by atoms with van der Waals surface area (Å²) in [5.41, 5.74) is 31.1. The van der Waals surface area contributed by atoms with E-state index in [1.807, 2.05) is 0 Å². The number of hydrogen-bond acceptors (Lipinski definition) is 13. The topological polar surface area (TPSA) is 327 Å². The number of benzene rings is 2. The Kier molecular flexibility index (Phi) is 18.4. The largest absolute Gasteiger partial charge is 0.508 e. The minimum Gasteiger partial charge on any atom is -0.508 e. The second kappa shape index (κ2) is 22.6. The number of likely N-dealkylation sites (N-methyl/N-ethyl adjacent to an activating group) is 1. The molecule has 0 aliphatic carbocycles. The Hall–Kier alpha value is -4.85. The van der Waals surface area contributed by atoms with Gasteiger partial charge >= 0.3 is 0 Å². The first kappa shape index (κ1) is 45.5. The van der Waals surface area contributed by atoms with Crippen molar-refractivity contribution in [2.75, 3.05) is 39.8 Å². The molecule has 3 rings (SSSR count). The van der Waals surface area contributed by atoms with E-state index < -0.39 is 53.9 Å². The molecule has 56 heavy (non-hydrogen) atoms. The Labute approximate surface area is 327 Å². The summed E-state index contributed by atoms with van der Waals surface area (Å²) in [6.07, 6.45) is 0.671. The third-order valence-electron chi connectivity index (χ3n) is 9.74. The van der Waals surface area contributed by atoms with Gasteiger partial charge in [0.15, 0.2) is 0 Å². The smallest absolute Gasteiger partial charge is 0.245 e. The standard InChI is InChI=1S/C38H60N10O8/c1-48-31(37(55)46-29(6-4-11-39)36(54)45-13-3-2-5-26(42)19-34(52)44-14-12-40)18-25-16-23(8-10-33(25)51)22-7-9-32(50)24(15-22)17-28(43)35(53)47-30(38(48)56)20-27(49)21-41/h7-10,15-16,26-31,49-51H,2-6,11-14,17-21,39-43H2,1H3,(H,44,52)(H,45,54)(H,46,55)(H,47,53)/t26-,27+,28-,29-,30-,31-/m0/s1. The molecule has 0 saturated heterocycles. The summed E-state index contributed by atoms with van der Waals surface area (Å²) in [6.45, 7) is 0.993. The van der Waals surface area contributed by atoms with Crippen molar-refractivity contribution < 1.29 is 39.3 Å². The molecule has 0 fully saturated rings. The van der Waals surface area contributed by atoms with Crippen LogP contribution in [0.1, 0.15) is 56.1 Å². The number of phenols is 2. The molecular formula is C38H60N10O8. The highest BCUT2D eigenvalue weighted by atomic mass is 16.3. The number of nitrogens with one attached hydrogen (secondary N) is 4. The minimum absolute atomic E-state index is 0.0915. The second-order valence-corrected chi connectivity index (χ2v) is 14.2. The van der Waals surface area contributed by atoms with Crippen molar-refractivity contribution in [1.29, 1.82) is 0 Å². The number of fused-ring (bicyclic) bond motifs is 5. The van der Waals surface area contributed by atoms with E-state index in [-0.39, 0.29) is 75.2 Å². The first-order valence-electron chi connectivity index (χ1n) is 19.0. The van der Waals surface area contributed by atoms with Crippen molar-refractivity contribution in [3.05, 3.63) is 47.5 Å². The zero-order chi connectivity index (χ0) is 41.4. The van der Waals surface area contributed by atoms with Crippen LogP contribution in [-0.4, -0.2) is 126 Å². The molecule has 0 saturated carbocycles. The lowest BCUT2D eigenvalue weighted by Crippen LogP contribution is -2.59. The summed E-state index contributed by atoms with van der Waals surface area (Å²) < 4.78 is 0. The molecule has 310 valence electrons. The Morgan fingerprint density at radius 1 is 0.893 bits per heavy atom. The van der Waals surface area contributed by atoms with Gasteiger partial charge in [0.2, 0.25) is 29.5 Å². The molecule has 0 unspecified atom stereocenters. The Bertz CT molecular complexity index is 1650. The zero-order valence-corrected chi connectivity index (χ0v) is 32.0. The number of phenolic OH excluding ortho intramolecular Hbond substituents is 2. The maximum atomic E-state index is 14.3. The highest BCUT2D eigenvalue weighted by Crippen LogP contribution is 2.31. The van der Waals surface area contributed by atoms with E-state index in [0.717, 1.165) is 4.90 Å². The molecule has 2 aromatic rings. The first-order chi connectivity index (χ1) is 26.7. The predicted molar refractivity (Wildman–Crippen MR) is 210 cm³/mol. The lowest BCUT2D eigenvalue weighted by Gasteiger charge is -2.33. The van der Waals surface area contributed by atoms with E-state index in [1.54, 1.807) is 24.3 Å². The fourth-order valence-electron chi connectivity index (χ4n) is 6.42. The van der Waals surface area contributed by atoms with Gasteiger partial charge in [-0.15, -0.1) is 0 Å².